The highest BCUT2D eigenvalue weighted by Crippen LogP contribution is 2.41. The summed E-state index contributed by atoms with van der Waals surface area (Å²) in [7, 11) is -4.06. The van der Waals surface area contributed by atoms with Crippen molar-refractivity contribution in [1.29, 1.82) is 0 Å². The molecule has 47 heavy (non-hydrogen) atoms. The zero-order valence-electron chi connectivity index (χ0n) is 24.3. The number of sulfone groups is 1. The molecular formula is C30H21F8N3O5S. The largest absolute Gasteiger partial charge is 0.440 e. The van der Waals surface area contributed by atoms with Gasteiger partial charge in [-0.05, 0) is 54.4 Å². The summed E-state index contributed by atoms with van der Waals surface area (Å²) in [6, 6.07) is 7.21. The monoisotopic (exact) mass is 687 g/mol. The van der Waals surface area contributed by atoms with Gasteiger partial charge in [0, 0.05) is 36.1 Å². The molecule has 0 radical (unpaired) electrons. The first-order valence-electron chi connectivity index (χ1n) is 13.2. The Kier molecular flexibility index (Phi) is 8.65. The predicted octanol–water partition coefficient (Wildman–Crippen LogP) is 7.41. The van der Waals surface area contributed by atoms with Crippen LogP contribution in [-0.4, -0.2) is 40.9 Å². The average Bonchev–Trinajstić information content (AvgIpc) is 3.56. The van der Waals surface area contributed by atoms with E-state index in [1.54, 1.807) is 0 Å². The smallest absolute Gasteiger partial charge is 0.434 e. The van der Waals surface area contributed by atoms with E-state index in [1.807, 2.05) is 0 Å². The van der Waals surface area contributed by atoms with Crippen LogP contribution in [0.25, 0.3) is 39.4 Å². The first-order valence-corrected chi connectivity index (χ1v) is 15.1. The van der Waals surface area contributed by atoms with Crippen molar-refractivity contribution in [2.24, 2.45) is 0 Å². The minimum atomic E-state index is -4.84. The lowest BCUT2D eigenvalue weighted by Crippen LogP contribution is -2.06. The maximum atomic E-state index is 15.0. The number of aryl methyl sites for hydroxylation is 2. The summed E-state index contributed by atoms with van der Waals surface area (Å²) in [5.74, 6) is -6.05. The number of nitrogens with zero attached hydrogens (tertiary/aromatic N) is 3. The van der Waals surface area contributed by atoms with Crippen LogP contribution in [0.15, 0.2) is 58.0 Å². The van der Waals surface area contributed by atoms with Gasteiger partial charge in [-0.3, -0.25) is 0 Å². The highest BCUT2D eigenvalue weighted by molar-refractivity contribution is 7.90. The number of aliphatic hydroxyl groups excluding tert-OH is 1. The summed E-state index contributed by atoms with van der Waals surface area (Å²) < 4.78 is 146. The van der Waals surface area contributed by atoms with Gasteiger partial charge in [-0.1, -0.05) is 6.07 Å². The Morgan fingerprint density at radius 2 is 1.57 bits per heavy atom. The van der Waals surface area contributed by atoms with Crippen LogP contribution in [0.5, 0.6) is 5.75 Å². The molecule has 2 aromatic heterocycles. The second kappa shape index (κ2) is 12.1. The normalized spacial score (nSPS) is 12.3. The maximum Gasteiger partial charge on any atom is 0.434 e. The summed E-state index contributed by atoms with van der Waals surface area (Å²) in [4.78, 5) is 7.32. The summed E-state index contributed by atoms with van der Waals surface area (Å²) in [6.45, 7) is -1.85. The van der Waals surface area contributed by atoms with E-state index in [2.05, 4.69) is 14.7 Å². The van der Waals surface area contributed by atoms with E-state index in [1.165, 1.54) is 32.0 Å². The molecule has 5 aromatic rings. The Morgan fingerprint density at radius 1 is 0.936 bits per heavy atom. The minimum Gasteiger partial charge on any atom is -0.440 e. The van der Waals surface area contributed by atoms with Gasteiger partial charge in [-0.15, -0.1) is 0 Å². The van der Waals surface area contributed by atoms with Crippen LogP contribution < -0.4 is 4.74 Å². The number of imidazole rings is 1. The van der Waals surface area contributed by atoms with Crippen molar-refractivity contribution in [2.45, 2.75) is 38.1 Å². The number of ether oxygens (including phenoxy) is 1. The van der Waals surface area contributed by atoms with Crippen LogP contribution >= 0.6 is 0 Å². The zero-order chi connectivity index (χ0) is 34.6. The van der Waals surface area contributed by atoms with Crippen LogP contribution in [0.2, 0.25) is 0 Å². The van der Waals surface area contributed by atoms with Crippen molar-refractivity contribution in [3.8, 4) is 45.1 Å². The number of alkyl halides is 5. The van der Waals surface area contributed by atoms with Gasteiger partial charge in [-0.25, -0.2) is 31.6 Å². The van der Waals surface area contributed by atoms with E-state index in [0.29, 0.717) is 18.3 Å². The number of aliphatic hydroxyl groups is 1. The molecule has 3 aromatic carbocycles. The van der Waals surface area contributed by atoms with Gasteiger partial charge in [0.15, 0.2) is 44.6 Å². The molecule has 0 fully saturated rings. The second-order valence-electron chi connectivity index (χ2n) is 10.2. The van der Waals surface area contributed by atoms with Crippen molar-refractivity contribution in [3.63, 3.8) is 0 Å². The van der Waals surface area contributed by atoms with E-state index in [9.17, 15) is 44.3 Å². The van der Waals surface area contributed by atoms with Crippen LogP contribution in [0.3, 0.4) is 0 Å². The van der Waals surface area contributed by atoms with Gasteiger partial charge < -0.3 is 18.8 Å². The molecule has 248 valence electrons. The number of benzene rings is 3. The summed E-state index contributed by atoms with van der Waals surface area (Å²) >= 11 is 0. The molecule has 17 heteroatoms. The molecule has 0 saturated heterocycles. The minimum absolute atomic E-state index is 0.0156. The Labute approximate surface area is 260 Å². The van der Waals surface area contributed by atoms with Crippen LogP contribution in [0.4, 0.5) is 35.1 Å². The Bertz CT molecular complexity index is 2100. The van der Waals surface area contributed by atoms with Gasteiger partial charge in [0.2, 0.25) is 0 Å². The topological polar surface area (TPSA) is 107 Å². The number of aromatic nitrogens is 3. The van der Waals surface area contributed by atoms with Crippen molar-refractivity contribution in [1.82, 2.24) is 14.5 Å². The maximum absolute atomic E-state index is 15.0. The molecule has 1 N–H and O–H groups in total. The molecule has 0 amide bonds. The van der Waals surface area contributed by atoms with E-state index in [-0.39, 0.29) is 51.1 Å². The molecular weight excluding hydrogens is 666 g/mol. The van der Waals surface area contributed by atoms with E-state index in [4.69, 9.17) is 4.42 Å². The molecule has 5 rings (SSSR count). The quantitative estimate of drug-likeness (QED) is 0.169. The average molecular weight is 688 g/mol. The first-order chi connectivity index (χ1) is 21.9. The van der Waals surface area contributed by atoms with Crippen LogP contribution in [0, 0.1) is 31.3 Å². The van der Waals surface area contributed by atoms with E-state index < -0.39 is 68.6 Å². The molecule has 2 heterocycles. The number of hydrogen-bond acceptors (Lipinski definition) is 7. The van der Waals surface area contributed by atoms with E-state index >= 15 is 4.39 Å². The van der Waals surface area contributed by atoms with Gasteiger partial charge in [0.05, 0.1) is 17.2 Å². The zero-order valence-corrected chi connectivity index (χ0v) is 25.1. The molecule has 0 saturated carbocycles. The molecule has 0 atom stereocenters. The second-order valence-corrected chi connectivity index (χ2v) is 12.2. The van der Waals surface area contributed by atoms with Crippen molar-refractivity contribution in [3.05, 3.63) is 89.1 Å². The Hall–Kier alpha value is -4.77. The van der Waals surface area contributed by atoms with Crippen LogP contribution in [-0.2, 0) is 22.6 Å². The number of halogens is 8. The summed E-state index contributed by atoms with van der Waals surface area (Å²) in [5, 5.41) is 9.59. The van der Waals surface area contributed by atoms with E-state index in [0.717, 1.165) is 23.0 Å². The first kappa shape index (κ1) is 33.6. The third kappa shape index (κ3) is 6.58. The molecule has 8 nitrogen and oxygen atoms in total. The number of hydrogen-bond donors (Lipinski definition) is 1. The third-order valence-corrected chi connectivity index (χ3v) is 8.09. The third-order valence-electron chi connectivity index (χ3n) is 6.93. The fraction of sp³-hybridized carbons (Fsp3) is 0.200. The lowest BCUT2D eigenvalue weighted by molar-refractivity contribution is -0.141. The molecule has 0 aliphatic heterocycles. The molecule has 0 unspecified atom stereocenters. The van der Waals surface area contributed by atoms with Gasteiger partial charge in [-0.2, -0.15) is 22.0 Å². The molecule has 0 bridgehead atoms. The van der Waals surface area contributed by atoms with Crippen molar-refractivity contribution < 1.29 is 57.8 Å². The lowest BCUT2D eigenvalue weighted by Gasteiger charge is -2.15. The predicted molar refractivity (Wildman–Crippen MR) is 150 cm³/mol. The number of rotatable bonds is 8. The Balaban J connectivity index is 1.80. The van der Waals surface area contributed by atoms with Gasteiger partial charge in [0.1, 0.15) is 17.3 Å². The SMILES string of the molecule is Cc1nc(-c2cc(-c3cc(F)c(CO)c(S(C)(=O)=O)c3)ccc2-n2cc(C(F)(F)F)nc2C)c(-c2cc(F)c(OC(F)F)c(F)c2)o1. The highest BCUT2D eigenvalue weighted by atomic mass is 32.2. The summed E-state index contributed by atoms with van der Waals surface area (Å²) in [6.07, 6.45) is -3.34. The standard InChI is InChI=1S/C30H21F8N3O5S/c1-13-39-25(30(36,37)38)11-41(13)23-5-4-15(16-7-20(31)19(12-42)24(10-16)47(3,43)44)6-18(23)26-27(45-14(2)40-26)17-8-21(32)28(22(33)9-17)46-29(34)35/h4-11,29,42H,12H2,1-3H3. The Morgan fingerprint density at radius 3 is 2.13 bits per heavy atom. The summed E-state index contributed by atoms with van der Waals surface area (Å²) in [5.41, 5.74) is -2.28. The van der Waals surface area contributed by atoms with Crippen LogP contribution in [0.1, 0.15) is 23.0 Å². The van der Waals surface area contributed by atoms with Crippen molar-refractivity contribution >= 4 is 9.84 Å². The molecule has 0 aliphatic rings. The fourth-order valence-corrected chi connectivity index (χ4v) is 5.88. The van der Waals surface area contributed by atoms with Gasteiger partial charge >= 0.3 is 12.8 Å². The van der Waals surface area contributed by atoms with Gasteiger partial charge in [0.25, 0.3) is 0 Å². The fourth-order valence-electron chi connectivity index (χ4n) is 4.93. The molecule has 0 spiro atoms. The number of oxazole rings is 1. The molecule has 0 aliphatic carbocycles. The highest BCUT2D eigenvalue weighted by Gasteiger charge is 2.35. The lowest BCUT2D eigenvalue weighted by atomic mass is 9.97. The van der Waals surface area contributed by atoms with Crippen molar-refractivity contribution in [2.75, 3.05) is 6.26 Å².